The van der Waals surface area contributed by atoms with Crippen LogP contribution in [-0.2, 0) is 16.0 Å². The Labute approximate surface area is 111 Å². The fraction of sp³-hybridized carbons (Fsp3) is 0.500. The number of esters is 1. The summed E-state index contributed by atoms with van der Waals surface area (Å²) in [4.78, 5) is 17.4. The SMILES string of the molecule is COC(=O)c1ccc(CN=C(N)N2CCOCC2)o1. The monoisotopic (exact) mass is 267 g/mol. The maximum atomic E-state index is 11.2. The van der Waals surface area contributed by atoms with Crippen molar-refractivity contribution in [2.24, 2.45) is 10.7 Å². The number of rotatable bonds is 3. The van der Waals surface area contributed by atoms with Gasteiger partial charge < -0.3 is 24.5 Å². The number of nitrogens with zero attached hydrogens (tertiary/aromatic N) is 2. The van der Waals surface area contributed by atoms with Crippen LogP contribution in [0.2, 0.25) is 0 Å². The summed E-state index contributed by atoms with van der Waals surface area (Å²) in [5, 5.41) is 0. The van der Waals surface area contributed by atoms with Crippen LogP contribution >= 0.6 is 0 Å². The highest BCUT2D eigenvalue weighted by Crippen LogP contribution is 2.10. The van der Waals surface area contributed by atoms with Gasteiger partial charge in [-0.1, -0.05) is 0 Å². The van der Waals surface area contributed by atoms with E-state index < -0.39 is 5.97 Å². The molecule has 0 bridgehead atoms. The molecule has 0 atom stereocenters. The van der Waals surface area contributed by atoms with Crippen LogP contribution in [0.1, 0.15) is 16.3 Å². The van der Waals surface area contributed by atoms with Gasteiger partial charge in [-0.05, 0) is 12.1 Å². The number of morpholine rings is 1. The number of carbonyl (C=O) groups is 1. The summed E-state index contributed by atoms with van der Waals surface area (Å²) in [6, 6.07) is 3.24. The van der Waals surface area contributed by atoms with Crippen molar-refractivity contribution in [3.63, 3.8) is 0 Å². The first kappa shape index (κ1) is 13.4. The van der Waals surface area contributed by atoms with Gasteiger partial charge in [-0.25, -0.2) is 9.79 Å². The van der Waals surface area contributed by atoms with Crippen molar-refractivity contribution in [1.82, 2.24) is 4.90 Å². The molecule has 1 aromatic heterocycles. The fourth-order valence-electron chi connectivity index (χ4n) is 1.72. The van der Waals surface area contributed by atoms with E-state index in [0.717, 1.165) is 13.1 Å². The normalized spacial score (nSPS) is 16.5. The number of guanidine groups is 1. The molecule has 1 saturated heterocycles. The number of ether oxygens (including phenoxy) is 2. The van der Waals surface area contributed by atoms with Crippen molar-refractivity contribution >= 4 is 11.9 Å². The summed E-state index contributed by atoms with van der Waals surface area (Å²) in [7, 11) is 1.30. The molecule has 1 aliphatic heterocycles. The number of methoxy groups -OCH3 is 1. The van der Waals surface area contributed by atoms with E-state index in [1.807, 2.05) is 4.90 Å². The van der Waals surface area contributed by atoms with Crippen LogP contribution in [-0.4, -0.2) is 50.2 Å². The van der Waals surface area contributed by atoms with Crippen molar-refractivity contribution in [2.45, 2.75) is 6.54 Å². The van der Waals surface area contributed by atoms with Crippen molar-refractivity contribution in [1.29, 1.82) is 0 Å². The molecule has 7 heteroatoms. The van der Waals surface area contributed by atoms with Crippen LogP contribution in [0, 0.1) is 0 Å². The van der Waals surface area contributed by atoms with E-state index in [0.29, 0.717) is 31.5 Å². The number of aliphatic imine (C=N–C) groups is 1. The quantitative estimate of drug-likeness (QED) is 0.478. The van der Waals surface area contributed by atoms with Gasteiger partial charge in [-0.2, -0.15) is 0 Å². The van der Waals surface area contributed by atoms with E-state index in [4.69, 9.17) is 14.9 Å². The van der Waals surface area contributed by atoms with Crippen molar-refractivity contribution in [3.05, 3.63) is 23.7 Å². The molecule has 0 saturated carbocycles. The highest BCUT2D eigenvalue weighted by Gasteiger charge is 2.13. The summed E-state index contributed by atoms with van der Waals surface area (Å²) < 4.78 is 15.1. The minimum Gasteiger partial charge on any atom is -0.463 e. The Hall–Kier alpha value is -2.02. The summed E-state index contributed by atoms with van der Waals surface area (Å²) in [5.74, 6) is 0.685. The van der Waals surface area contributed by atoms with Gasteiger partial charge in [0, 0.05) is 13.1 Å². The predicted octanol–water partition coefficient (Wildman–Crippen LogP) is 0.213. The highest BCUT2D eigenvalue weighted by atomic mass is 16.5. The second kappa shape index (κ2) is 6.24. The third kappa shape index (κ3) is 3.47. The van der Waals surface area contributed by atoms with Gasteiger partial charge in [-0.15, -0.1) is 0 Å². The number of nitrogens with two attached hydrogens (primary N) is 1. The summed E-state index contributed by atoms with van der Waals surface area (Å²) in [5.41, 5.74) is 5.88. The van der Waals surface area contributed by atoms with Crippen LogP contribution < -0.4 is 5.73 Å². The van der Waals surface area contributed by atoms with E-state index in [2.05, 4.69) is 9.73 Å². The molecule has 0 spiro atoms. The zero-order valence-electron chi connectivity index (χ0n) is 10.8. The van der Waals surface area contributed by atoms with Crippen molar-refractivity contribution < 1.29 is 18.7 Å². The first-order chi connectivity index (χ1) is 9.20. The molecule has 2 heterocycles. The molecular formula is C12H17N3O4. The van der Waals surface area contributed by atoms with Crippen LogP contribution in [0.25, 0.3) is 0 Å². The highest BCUT2D eigenvalue weighted by molar-refractivity contribution is 5.86. The molecule has 1 aliphatic rings. The van der Waals surface area contributed by atoms with Gasteiger partial charge in [0.2, 0.25) is 5.76 Å². The number of hydrogen-bond acceptors (Lipinski definition) is 5. The Morgan fingerprint density at radius 2 is 2.21 bits per heavy atom. The lowest BCUT2D eigenvalue weighted by molar-refractivity contribution is 0.0563. The van der Waals surface area contributed by atoms with Crippen LogP contribution in [0.15, 0.2) is 21.5 Å². The molecule has 0 aromatic carbocycles. The Bertz CT molecular complexity index is 463. The average molecular weight is 267 g/mol. The molecule has 1 aromatic rings. The molecule has 19 heavy (non-hydrogen) atoms. The molecule has 0 radical (unpaired) electrons. The second-order valence-corrected chi connectivity index (χ2v) is 4.03. The summed E-state index contributed by atoms with van der Waals surface area (Å²) in [6.45, 7) is 3.08. The molecular weight excluding hydrogens is 250 g/mol. The van der Waals surface area contributed by atoms with Crippen LogP contribution in [0.5, 0.6) is 0 Å². The van der Waals surface area contributed by atoms with Crippen LogP contribution in [0.3, 0.4) is 0 Å². The third-order valence-electron chi connectivity index (χ3n) is 2.78. The molecule has 104 valence electrons. The average Bonchev–Trinajstić information content (AvgIpc) is 2.93. The van der Waals surface area contributed by atoms with Gasteiger partial charge in [-0.3, -0.25) is 0 Å². The van der Waals surface area contributed by atoms with Crippen molar-refractivity contribution in [2.75, 3.05) is 33.4 Å². The molecule has 0 aliphatic carbocycles. The predicted molar refractivity (Wildman–Crippen MR) is 67.8 cm³/mol. The Balaban J connectivity index is 1.93. The number of hydrogen-bond donors (Lipinski definition) is 1. The minimum absolute atomic E-state index is 0.164. The lowest BCUT2D eigenvalue weighted by Gasteiger charge is -2.27. The van der Waals surface area contributed by atoms with Gasteiger partial charge in [0.1, 0.15) is 12.3 Å². The Morgan fingerprint density at radius 3 is 2.89 bits per heavy atom. The van der Waals surface area contributed by atoms with Gasteiger partial charge in [0.05, 0.1) is 20.3 Å². The first-order valence-electron chi connectivity index (χ1n) is 6.00. The molecule has 1 fully saturated rings. The minimum atomic E-state index is -0.503. The van der Waals surface area contributed by atoms with E-state index in [-0.39, 0.29) is 5.76 Å². The zero-order chi connectivity index (χ0) is 13.7. The molecule has 2 rings (SSSR count). The van der Waals surface area contributed by atoms with Crippen molar-refractivity contribution in [3.8, 4) is 0 Å². The summed E-state index contributed by atoms with van der Waals surface area (Å²) >= 11 is 0. The zero-order valence-corrected chi connectivity index (χ0v) is 10.8. The lowest BCUT2D eigenvalue weighted by atomic mass is 10.4. The molecule has 0 amide bonds. The van der Waals surface area contributed by atoms with Gasteiger partial charge in [0.15, 0.2) is 5.96 Å². The number of furan rings is 1. The maximum absolute atomic E-state index is 11.2. The maximum Gasteiger partial charge on any atom is 0.373 e. The summed E-state index contributed by atoms with van der Waals surface area (Å²) in [6.07, 6.45) is 0. The third-order valence-corrected chi connectivity index (χ3v) is 2.78. The van der Waals surface area contributed by atoms with E-state index in [9.17, 15) is 4.79 Å². The largest absolute Gasteiger partial charge is 0.463 e. The van der Waals surface area contributed by atoms with E-state index in [1.54, 1.807) is 12.1 Å². The number of carbonyl (C=O) groups excluding carboxylic acids is 1. The Kier molecular flexibility index (Phi) is 4.40. The van der Waals surface area contributed by atoms with Gasteiger partial charge >= 0.3 is 5.97 Å². The standard InChI is InChI=1S/C12H17N3O4/c1-17-11(16)10-3-2-9(19-10)8-14-12(13)15-4-6-18-7-5-15/h2-3H,4-8H2,1H3,(H2,13,14). The van der Waals surface area contributed by atoms with E-state index >= 15 is 0 Å². The topological polar surface area (TPSA) is 90.3 Å². The smallest absolute Gasteiger partial charge is 0.373 e. The molecule has 0 unspecified atom stereocenters. The fourth-order valence-corrected chi connectivity index (χ4v) is 1.72. The second-order valence-electron chi connectivity index (χ2n) is 4.03. The Morgan fingerprint density at radius 1 is 1.47 bits per heavy atom. The first-order valence-corrected chi connectivity index (χ1v) is 6.00. The molecule has 7 nitrogen and oxygen atoms in total. The lowest BCUT2D eigenvalue weighted by Crippen LogP contribution is -2.44. The van der Waals surface area contributed by atoms with Crippen LogP contribution in [0.4, 0.5) is 0 Å². The molecule has 2 N–H and O–H groups in total. The van der Waals surface area contributed by atoms with Gasteiger partial charge in [0.25, 0.3) is 0 Å². The van der Waals surface area contributed by atoms with E-state index in [1.165, 1.54) is 7.11 Å².